The Morgan fingerprint density at radius 2 is 2.24 bits per heavy atom. The van der Waals surface area contributed by atoms with Crippen molar-refractivity contribution < 1.29 is 9.59 Å². The monoisotopic (exact) mass is 226 g/mol. The molecule has 1 aromatic carbocycles. The standard InChI is InChI=1S/C13H10N2O2/c1-15-11(16)10-6-13(10,12(15)17)9-4-2-3-8(5-9)7-14/h2-5,10H,6H2,1H3. The van der Waals surface area contributed by atoms with Crippen molar-refractivity contribution in [2.45, 2.75) is 11.8 Å². The van der Waals surface area contributed by atoms with Crippen molar-refractivity contribution >= 4 is 11.8 Å². The van der Waals surface area contributed by atoms with Gasteiger partial charge in [0.15, 0.2) is 0 Å². The van der Waals surface area contributed by atoms with Crippen molar-refractivity contribution in [3.05, 3.63) is 35.4 Å². The molecule has 0 radical (unpaired) electrons. The number of hydrogen-bond acceptors (Lipinski definition) is 3. The summed E-state index contributed by atoms with van der Waals surface area (Å²) in [7, 11) is 1.52. The Morgan fingerprint density at radius 3 is 2.82 bits per heavy atom. The van der Waals surface area contributed by atoms with E-state index in [1.807, 2.05) is 6.07 Å². The summed E-state index contributed by atoms with van der Waals surface area (Å²) in [6, 6.07) is 9.05. The number of carbonyl (C=O) groups is 2. The maximum absolute atomic E-state index is 12.1. The third-order valence-electron chi connectivity index (χ3n) is 3.78. The van der Waals surface area contributed by atoms with Gasteiger partial charge in [0.2, 0.25) is 11.8 Å². The maximum Gasteiger partial charge on any atom is 0.240 e. The van der Waals surface area contributed by atoms with E-state index in [9.17, 15) is 9.59 Å². The molecule has 0 N–H and O–H groups in total. The molecule has 0 bridgehead atoms. The zero-order chi connectivity index (χ0) is 12.2. The summed E-state index contributed by atoms with van der Waals surface area (Å²) in [6.07, 6.45) is 0.587. The Hall–Kier alpha value is -2.15. The highest BCUT2D eigenvalue weighted by Gasteiger charge is 2.71. The van der Waals surface area contributed by atoms with Crippen molar-refractivity contribution in [3.8, 4) is 6.07 Å². The zero-order valence-electron chi connectivity index (χ0n) is 9.30. The van der Waals surface area contributed by atoms with E-state index in [1.165, 1.54) is 11.9 Å². The van der Waals surface area contributed by atoms with E-state index in [1.54, 1.807) is 18.2 Å². The van der Waals surface area contributed by atoms with E-state index in [2.05, 4.69) is 6.07 Å². The van der Waals surface area contributed by atoms with Gasteiger partial charge in [0.25, 0.3) is 0 Å². The molecule has 17 heavy (non-hydrogen) atoms. The number of hydrogen-bond donors (Lipinski definition) is 0. The van der Waals surface area contributed by atoms with Crippen LogP contribution in [-0.4, -0.2) is 23.8 Å². The van der Waals surface area contributed by atoms with Crippen LogP contribution in [0.15, 0.2) is 24.3 Å². The normalized spacial score (nSPS) is 30.1. The molecule has 1 aromatic rings. The van der Waals surface area contributed by atoms with E-state index < -0.39 is 5.41 Å². The number of benzene rings is 1. The maximum atomic E-state index is 12.1. The average Bonchev–Trinajstić information content (AvgIpc) is 3.08. The third kappa shape index (κ3) is 1.06. The van der Waals surface area contributed by atoms with Crippen molar-refractivity contribution in [1.82, 2.24) is 4.90 Å². The van der Waals surface area contributed by atoms with Gasteiger partial charge in [0.1, 0.15) is 0 Å². The molecule has 2 fully saturated rings. The van der Waals surface area contributed by atoms with Crippen LogP contribution in [0.4, 0.5) is 0 Å². The summed E-state index contributed by atoms with van der Waals surface area (Å²) in [4.78, 5) is 25.0. The van der Waals surface area contributed by atoms with Crippen LogP contribution in [0.25, 0.3) is 0 Å². The predicted octanol–water partition coefficient (Wildman–Crippen LogP) is 0.815. The first-order valence-corrected chi connectivity index (χ1v) is 5.44. The number of piperidine rings is 1. The van der Waals surface area contributed by atoms with Crippen LogP contribution in [-0.2, 0) is 15.0 Å². The van der Waals surface area contributed by atoms with Crippen molar-refractivity contribution in [3.63, 3.8) is 0 Å². The molecule has 1 saturated heterocycles. The van der Waals surface area contributed by atoms with Gasteiger partial charge in [-0.25, -0.2) is 0 Å². The number of fused-ring (bicyclic) bond motifs is 1. The third-order valence-corrected chi connectivity index (χ3v) is 3.78. The van der Waals surface area contributed by atoms with Gasteiger partial charge < -0.3 is 0 Å². The van der Waals surface area contributed by atoms with Crippen LogP contribution in [0.3, 0.4) is 0 Å². The van der Waals surface area contributed by atoms with Gasteiger partial charge >= 0.3 is 0 Å². The summed E-state index contributed by atoms with van der Waals surface area (Å²) in [5, 5.41) is 8.86. The van der Waals surface area contributed by atoms with Gasteiger partial charge in [-0.3, -0.25) is 14.5 Å². The fourth-order valence-corrected chi connectivity index (χ4v) is 2.74. The number of imide groups is 1. The second kappa shape index (κ2) is 2.95. The number of amides is 2. The largest absolute Gasteiger partial charge is 0.285 e. The molecule has 0 spiro atoms. The smallest absolute Gasteiger partial charge is 0.240 e. The number of carbonyl (C=O) groups excluding carboxylic acids is 2. The lowest BCUT2D eigenvalue weighted by molar-refractivity contribution is -0.140. The summed E-state index contributed by atoms with van der Waals surface area (Å²) >= 11 is 0. The van der Waals surface area contributed by atoms with E-state index in [0.717, 1.165) is 5.56 Å². The number of rotatable bonds is 1. The summed E-state index contributed by atoms with van der Waals surface area (Å²) < 4.78 is 0. The second-order valence-corrected chi connectivity index (χ2v) is 4.62. The molecule has 3 rings (SSSR count). The fraction of sp³-hybridized carbons (Fsp3) is 0.308. The van der Waals surface area contributed by atoms with E-state index in [0.29, 0.717) is 12.0 Å². The first-order valence-electron chi connectivity index (χ1n) is 5.44. The highest BCUT2D eigenvalue weighted by atomic mass is 16.2. The number of likely N-dealkylation sites (tertiary alicyclic amines) is 1. The van der Waals surface area contributed by atoms with Crippen molar-refractivity contribution in [2.24, 2.45) is 5.92 Å². The lowest BCUT2D eigenvalue weighted by atomic mass is 9.93. The molecule has 1 saturated carbocycles. The molecule has 0 aromatic heterocycles. The molecule has 84 valence electrons. The molecule has 4 heteroatoms. The van der Waals surface area contributed by atoms with Gasteiger partial charge in [-0.2, -0.15) is 5.26 Å². The quantitative estimate of drug-likeness (QED) is 0.666. The van der Waals surface area contributed by atoms with E-state index in [-0.39, 0.29) is 17.7 Å². The van der Waals surface area contributed by atoms with Crippen LogP contribution in [0.1, 0.15) is 17.5 Å². The molecule has 2 atom stereocenters. The van der Waals surface area contributed by atoms with Crippen LogP contribution >= 0.6 is 0 Å². The van der Waals surface area contributed by atoms with Gasteiger partial charge in [-0.15, -0.1) is 0 Å². The first kappa shape index (κ1) is 10.0. The fourth-order valence-electron chi connectivity index (χ4n) is 2.74. The Labute approximate surface area is 98.4 Å². The van der Waals surface area contributed by atoms with E-state index in [4.69, 9.17) is 5.26 Å². The summed E-state index contributed by atoms with van der Waals surface area (Å²) in [5.74, 6) is -0.450. The first-order chi connectivity index (χ1) is 8.11. The SMILES string of the molecule is CN1C(=O)C2CC2(c2cccc(C#N)c2)C1=O. The molecule has 1 aliphatic carbocycles. The lowest BCUT2D eigenvalue weighted by Crippen LogP contribution is -2.32. The lowest BCUT2D eigenvalue weighted by Gasteiger charge is -2.14. The highest BCUT2D eigenvalue weighted by Crippen LogP contribution is 2.60. The Morgan fingerprint density at radius 1 is 1.47 bits per heavy atom. The molecule has 2 aliphatic rings. The molecule has 2 amide bonds. The zero-order valence-corrected chi connectivity index (χ0v) is 9.30. The minimum absolute atomic E-state index is 0.0997. The molecular weight excluding hydrogens is 216 g/mol. The van der Waals surface area contributed by atoms with Gasteiger partial charge in [0, 0.05) is 7.05 Å². The molecule has 4 nitrogen and oxygen atoms in total. The number of nitriles is 1. The molecule has 1 aliphatic heterocycles. The number of nitrogens with zero attached hydrogens (tertiary/aromatic N) is 2. The second-order valence-electron chi connectivity index (χ2n) is 4.62. The average molecular weight is 226 g/mol. The summed E-state index contributed by atoms with van der Waals surface area (Å²) in [6.45, 7) is 0. The minimum atomic E-state index is -0.668. The van der Waals surface area contributed by atoms with Gasteiger partial charge in [-0.1, -0.05) is 12.1 Å². The van der Waals surface area contributed by atoms with Crippen molar-refractivity contribution in [2.75, 3.05) is 7.05 Å². The Kier molecular flexibility index (Phi) is 1.74. The highest BCUT2D eigenvalue weighted by molar-refractivity contribution is 6.14. The van der Waals surface area contributed by atoms with E-state index >= 15 is 0 Å². The Balaban J connectivity index is 2.10. The van der Waals surface area contributed by atoms with Gasteiger partial charge in [0.05, 0.1) is 23.0 Å². The number of likely N-dealkylation sites (N-methyl/N-ethyl adjacent to an activating group) is 1. The van der Waals surface area contributed by atoms with Crippen LogP contribution in [0.2, 0.25) is 0 Å². The van der Waals surface area contributed by atoms with Crippen LogP contribution in [0, 0.1) is 17.2 Å². The minimum Gasteiger partial charge on any atom is -0.285 e. The van der Waals surface area contributed by atoms with Gasteiger partial charge in [-0.05, 0) is 24.1 Å². The molecule has 2 unspecified atom stereocenters. The molecule has 1 heterocycles. The molecular formula is C13H10N2O2. The topological polar surface area (TPSA) is 61.2 Å². The Bertz CT molecular complexity index is 587. The van der Waals surface area contributed by atoms with Crippen molar-refractivity contribution in [1.29, 1.82) is 5.26 Å². The van der Waals surface area contributed by atoms with Crippen LogP contribution < -0.4 is 0 Å². The predicted molar refractivity (Wildman–Crippen MR) is 58.7 cm³/mol. The van der Waals surface area contributed by atoms with Crippen LogP contribution in [0.5, 0.6) is 0 Å². The summed E-state index contributed by atoms with van der Waals surface area (Å²) in [5.41, 5.74) is 0.653.